The first-order valence-electron chi connectivity index (χ1n) is 7.49. The summed E-state index contributed by atoms with van der Waals surface area (Å²) in [5.74, 6) is 0. The van der Waals surface area contributed by atoms with Crippen molar-refractivity contribution in [3.63, 3.8) is 0 Å². The van der Waals surface area contributed by atoms with Crippen LogP contribution in [0.5, 0.6) is 0 Å². The van der Waals surface area contributed by atoms with Crippen LogP contribution < -0.4 is 0 Å². The molecule has 106 valence electrons. The number of hydrogen-bond donors (Lipinski definition) is 0. The topological polar surface area (TPSA) is 14.2 Å². The molecule has 0 bridgehead atoms. The van der Waals surface area contributed by atoms with Gasteiger partial charge in [-0.15, -0.1) is 0 Å². The van der Waals surface area contributed by atoms with Gasteiger partial charge in [0.1, 0.15) is 0 Å². The number of ether oxygens (including phenoxy) is 1. The molecule has 0 radical (unpaired) electrons. The number of fused-ring (bicyclic) bond motifs is 3. The molecule has 21 heavy (non-hydrogen) atoms. The van der Waals surface area contributed by atoms with Crippen LogP contribution in [-0.2, 0) is 4.74 Å². The Kier molecular flexibility index (Phi) is 2.86. The van der Waals surface area contributed by atoms with E-state index in [4.69, 9.17) is 4.74 Å². The van der Waals surface area contributed by atoms with Gasteiger partial charge in [-0.3, -0.25) is 0 Å². The lowest BCUT2D eigenvalue weighted by molar-refractivity contribution is 0.131. The lowest BCUT2D eigenvalue weighted by Crippen LogP contribution is -2.16. The van der Waals surface area contributed by atoms with Crippen molar-refractivity contribution in [3.05, 3.63) is 59.7 Å². The van der Waals surface area contributed by atoms with E-state index in [2.05, 4.69) is 67.0 Å². The van der Waals surface area contributed by atoms with Gasteiger partial charge in [0, 0.05) is 21.8 Å². The summed E-state index contributed by atoms with van der Waals surface area (Å²) in [6.45, 7) is 5.78. The molecular formula is C19H19NO. The van der Waals surface area contributed by atoms with Gasteiger partial charge in [0.25, 0.3) is 0 Å². The van der Waals surface area contributed by atoms with Crippen LogP contribution in [0.4, 0.5) is 0 Å². The highest BCUT2D eigenvalue weighted by Crippen LogP contribution is 2.34. The van der Waals surface area contributed by atoms with Crippen molar-refractivity contribution in [1.82, 2.24) is 4.57 Å². The van der Waals surface area contributed by atoms with E-state index in [0.29, 0.717) is 0 Å². The molecule has 2 heteroatoms. The third kappa shape index (κ3) is 1.98. The summed E-state index contributed by atoms with van der Waals surface area (Å²) in [5.41, 5.74) is 5.19. The van der Waals surface area contributed by atoms with Gasteiger partial charge in [0.15, 0.2) is 0 Å². The molecule has 0 saturated carbocycles. The number of nitrogens with zero attached hydrogens (tertiary/aromatic N) is 1. The number of benzene rings is 2. The Labute approximate surface area is 124 Å². The van der Waals surface area contributed by atoms with E-state index < -0.39 is 0 Å². The zero-order chi connectivity index (χ0) is 14.4. The van der Waals surface area contributed by atoms with E-state index in [9.17, 15) is 0 Å². The van der Waals surface area contributed by atoms with Crippen LogP contribution in [0.1, 0.15) is 17.2 Å². The predicted octanol–water partition coefficient (Wildman–Crippen LogP) is 4.54. The fraction of sp³-hybridized carbons (Fsp3) is 0.263. The van der Waals surface area contributed by atoms with Crippen molar-refractivity contribution >= 4 is 21.8 Å². The quantitative estimate of drug-likeness (QED) is 0.596. The number of aromatic nitrogens is 1. The van der Waals surface area contributed by atoms with E-state index in [1.165, 1.54) is 32.9 Å². The molecule has 1 aromatic heterocycles. The Morgan fingerprint density at radius 1 is 0.952 bits per heavy atom. The molecule has 2 aromatic carbocycles. The normalized spacial score (nSPS) is 18.7. The molecule has 1 aliphatic heterocycles. The van der Waals surface area contributed by atoms with Crippen LogP contribution in [0.25, 0.3) is 21.8 Å². The molecule has 0 amide bonds. The molecule has 3 aromatic rings. The zero-order valence-electron chi connectivity index (χ0n) is 12.5. The summed E-state index contributed by atoms with van der Waals surface area (Å²) < 4.78 is 8.06. The average molecular weight is 277 g/mol. The van der Waals surface area contributed by atoms with Crippen molar-refractivity contribution in [2.75, 3.05) is 13.2 Å². The van der Waals surface area contributed by atoms with Crippen LogP contribution >= 0.6 is 0 Å². The molecule has 0 N–H and O–H groups in total. The summed E-state index contributed by atoms with van der Waals surface area (Å²) in [5, 5.41) is 2.68. The van der Waals surface area contributed by atoms with Gasteiger partial charge < -0.3 is 9.30 Å². The second kappa shape index (κ2) is 4.74. The van der Waals surface area contributed by atoms with Gasteiger partial charge in [0.2, 0.25) is 0 Å². The molecule has 2 nitrogen and oxygen atoms in total. The standard InChI is InChI=1S/C19H19NO/c1-13-5-7-18-16(10-13)17-11-14(2)6-8-19(17)20(18)15-4-3-9-21-12-15/h3-8,10-11,15H,9,12H2,1-2H3/t15-/m1/s1. The number of aryl methyl sites for hydroxylation is 2. The Bertz CT molecular complexity index is 798. The molecule has 0 spiro atoms. The smallest absolute Gasteiger partial charge is 0.0757 e. The van der Waals surface area contributed by atoms with Gasteiger partial charge in [-0.05, 0) is 38.1 Å². The van der Waals surface area contributed by atoms with Crippen LogP contribution in [-0.4, -0.2) is 17.8 Å². The molecule has 0 fully saturated rings. The predicted molar refractivity (Wildman–Crippen MR) is 87.9 cm³/mol. The van der Waals surface area contributed by atoms with Crippen molar-refractivity contribution in [2.45, 2.75) is 19.9 Å². The Morgan fingerprint density at radius 3 is 2.10 bits per heavy atom. The van der Waals surface area contributed by atoms with Crippen LogP contribution in [0.15, 0.2) is 48.6 Å². The minimum atomic E-state index is 0.282. The van der Waals surface area contributed by atoms with E-state index in [-0.39, 0.29) is 6.04 Å². The van der Waals surface area contributed by atoms with Crippen molar-refractivity contribution in [2.24, 2.45) is 0 Å². The summed E-state index contributed by atoms with van der Waals surface area (Å²) in [4.78, 5) is 0. The zero-order valence-corrected chi connectivity index (χ0v) is 12.5. The monoisotopic (exact) mass is 277 g/mol. The third-order valence-corrected chi connectivity index (χ3v) is 4.31. The highest BCUT2D eigenvalue weighted by molar-refractivity contribution is 6.08. The minimum Gasteiger partial charge on any atom is -0.375 e. The molecule has 4 rings (SSSR count). The SMILES string of the molecule is Cc1ccc2c(c1)c1cc(C)ccc1n2[C@@H]1C=CCOC1. The van der Waals surface area contributed by atoms with E-state index in [0.717, 1.165) is 13.2 Å². The van der Waals surface area contributed by atoms with Gasteiger partial charge in [0.05, 0.1) is 19.3 Å². The maximum Gasteiger partial charge on any atom is 0.0757 e. The maximum atomic E-state index is 5.64. The van der Waals surface area contributed by atoms with Crippen molar-refractivity contribution in [3.8, 4) is 0 Å². The third-order valence-electron chi connectivity index (χ3n) is 4.31. The van der Waals surface area contributed by atoms with Crippen molar-refractivity contribution < 1.29 is 4.74 Å². The molecule has 1 atom stereocenters. The van der Waals surface area contributed by atoms with Crippen LogP contribution in [0.3, 0.4) is 0 Å². The first-order chi connectivity index (χ1) is 10.2. The number of rotatable bonds is 1. The van der Waals surface area contributed by atoms with Gasteiger partial charge in [-0.25, -0.2) is 0 Å². The minimum absolute atomic E-state index is 0.282. The summed E-state index contributed by atoms with van der Waals surface area (Å²) in [7, 11) is 0. The van der Waals surface area contributed by atoms with Gasteiger partial charge >= 0.3 is 0 Å². The lowest BCUT2D eigenvalue weighted by atomic mass is 10.1. The second-order valence-corrected chi connectivity index (χ2v) is 5.94. The fourth-order valence-electron chi connectivity index (χ4n) is 3.32. The summed E-state index contributed by atoms with van der Waals surface area (Å²) >= 11 is 0. The molecule has 0 unspecified atom stereocenters. The van der Waals surface area contributed by atoms with Crippen molar-refractivity contribution in [1.29, 1.82) is 0 Å². The van der Waals surface area contributed by atoms with Gasteiger partial charge in [-0.1, -0.05) is 35.4 Å². The Balaban J connectivity index is 2.11. The molecule has 2 heterocycles. The molecular weight excluding hydrogens is 258 g/mol. The largest absolute Gasteiger partial charge is 0.375 e. The highest BCUT2D eigenvalue weighted by Gasteiger charge is 2.18. The first-order valence-corrected chi connectivity index (χ1v) is 7.49. The van der Waals surface area contributed by atoms with Crippen LogP contribution in [0, 0.1) is 13.8 Å². The molecule has 0 saturated heterocycles. The van der Waals surface area contributed by atoms with Crippen LogP contribution in [0.2, 0.25) is 0 Å². The van der Waals surface area contributed by atoms with Gasteiger partial charge in [-0.2, -0.15) is 0 Å². The highest BCUT2D eigenvalue weighted by atomic mass is 16.5. The first kappa shape index (κ1) is 12.7. The lowest BCUT2D eigenvalue weighted by Gasteiger charge is -2.21. The number of hydrogen-bond acceptors (Lipinski definition) is 1. The van der Waals surface area contributed by atoms with E-state index >= 15 is 0 Å². The van der Waals surface area contributed by atoms with E-state index in [1.807, 2.05) is 0 Å². The maximum absolute atomic E-state index is 5.64. The van der Waals surface area contributed by atoms with E-state index in [1.54, 1.807) is 0 Å². The average Bonchev–Trinajstić information content (AvgIpc) is 2.81. The second-order valence-electron chi connectivity index (χ2n) is 5.94. The fourth-order valence-corrected chi connectivity index (χ4v) is 3.32. The summed E-state index contributed by atoms with van der Waals surface area (Å²) in [6.07, 6.45) is 4.39. The summed E-state index contributed by atoms with van der Waals surface area (Å²) in [6, 6.07) is 13.7. The molecule has 1 aliphatic rings. The Morgan fingerprint density at radius 2 is 1.57 bits per heavy atom. The molecule has 0 aliphatic carbocycles. The Hall–Kier alpha value is -2.06.